The van der Waals surface area contributed by atoms with Crippen molar-refractivity contribution in [3.05, 3.63) is 22.4 Å². The summed E-state index contributed by atoms with van der Waals surface area (Å²) in [6.07, 6.45) is 3.78. The summed E-state index contributed by atoms with van der Waals surface area (Å²) in [4.78, 5) is 26.8. The normalized spacial score (nSPS) is 10.2. The van der Waals surface area contributed by atoms with Crippen molar-refractivity contribution in [2.45, 2.75) is 19.3 Å². The van der Waals surface area contributed by atoms with Crippen molar-refractivity contribution < 1.29 is 9.90 Å². The van der Waals surface area contributed by atoms with Gasteiger partial charge in [-0.15, -0.1) is 0 Å². The largest absolute Gasteiger partial charge is 0.396 e. The summed E-state index contributed by atoms with van der Waals surface area (Å²) in [6.45, 7) is 0.727. The maximum Gasteiger partial charge on any atom is 0.323 e. The smallest absolute Gasteiger partial charge is 0.323 e. The molecule has 0 unspecified atom stereocenters. The molecule has 0 spiro atoms. The van der Waals surface area contributed by atoms with Crippen molar-refractivity contribution in [2.75, 3.05) is 13.2 Å². The van der Waals surface area contributed by atoms with Crippen LogP contribution in [0.1, 0.15) is 29.8 Å². The van der Waals surface area contributed by atoms with E-state index in [1.165, 1.54) is 6.20 Å². The summed E-state index contributed by atoms with van der Waals surface area (Å²) in [6, 6.07) is 0. The molecule has 0 atom stereocenters. The highest BCUT2D eigenvalue weighted by Crippen LogP contribution is 1.93. The van der Waals surface area contributed by atoms with E-state index in [1.807, 2.05) is 0 Å². The Kier molecular flexibility index (Phi) is 4.62. The molecule has 0 aromatic carbocycles. The molecule has 6 heteroatoms. The molecule has 6 nitrogen and oxygen atoms in total. The van der Waals surface area contributed by atoms with Crippen molar-refractivity contribution >= 4 is 5.91 Å². The topological polar surface area (TPSA) is 98.0 Å². The Bertz CT molecular complexity index is 355. The Labute approximate surface area is 86.7 Å². The molecule has 0 fully saturated rings. The van der Waals surface area contributed by atoms with Gasteiger partial charge in [0.2, 0.25) is 0 Å². The van der Waals surface area contributed by atoms with Gasteiger partial charge in [0.05, 0.1) is 0 Å². The lowest BCUT2D eigenvalue weighted by molar-refractivity contribution is 0.0948. The van der Waals surface area contributed by atoms with Gasteiger partial charge in [-0.25, -0.2) is 4.79 Å². The first kappa shape index (κ1) is 11.5. The molecule has 84 valence electrons. The third kappa shape index (κ3) is 3.99. The monoisotopic (exact) mass is 213 g/mol. The summed E-state index contributed by atoms with van der Waals surface area (Å²) in [5.74, 6) is -0.294. The number of hydrogen-bond acceptors (Lipinski definition) is 3. The first-order chi connectivity index (χ1) is 7.24. The van der Waals surface area contributed by atoms with Gasteiger partial charge in [0, 0.05) is 19.3 Å². The molecule has 0 aliphatic rings. The molecule has 1 aromatic rings. The van der Waals surface area contributed by atoms with E-state index in [0.717, 1.165) is 19.3 Å². The zero-order chi connectivity index (χ0) is 11.1. The van der Waals surface area contributed by atoms with Gasteiger partial charge in [-0.3, -0.25) is 4.79 Å². The number of aromatic amines is 2. The second-order valence-corrected chi connectivity index (χ2v) is 3.20. The van der Waals surface area contributed by atoms with Gasteiger partial charge < -0.3 is 20.4 Å². The van der Waals surface area contributed by atoms with Crippen molar-refractivity contribution in [2.24, 2.45) is 0 Å². The number of carbonyl (C=O) groups excluding carboxylic acids is 1. The van der Waals surface area contributed by atoms with E-state index < -0.39 is 0 Å². The second kappa shape index (κ2) is 6.02. The maximum absolute atomic E-state index is 11.3. The zero-order valence-corrected chi connectivity index (χ0v) is 8.38. The average molecular weight is 213 g/mol. The number of hydrogen-bond donors (Lipinski definition) is 4. The third-order valence-corrected chi connectivity index (χ3v) is 1.96. The fraction of sp³-hybridized carbons (Fsp3) is 0.556. The predicted molar refractivity (Wildman–Crippen MR) is 54.7 cm³/mol. The molecule has 0 saturated heterocycles. The van der Waals surface area contributed by atoms with Crippen LogP contribution in [0.3, 0.4) is 0 Å². The van der Waals surface area contributed by atoms with E-state index in [9.17, 15) is 9.59 Å². The molecular formula is C9H15N3O3. The molecule has 0 aliphatic carbocycles. The lowest BCUT2D eigenvalue weighted by atomic mass is 10.2. The molecule has 1 aromatic heterocycles. The average Bonchev–Trinajstić information content (AvgIpc) is 2.64. The van der Waals surface area contributed by atoms with E-state index in [-0.39, 0.29) is 23.9 Å². The number of unbranched alkanes of at least 4 members (excludes halogenated alkanes) is 2. The summed E-state index contributed by atoms with van der Waals surface area (Å²) >= 11 is 0. The number of imidazole rings is 1. The Morgan fingerprint density at radius 1 is 1.40 bits per heavy atom. The zero-order valence-electron chi connectivity index (χ0n) is 8.38. The van der Waals surface area contributed by atoms with E-state index in [4.69, 9.17) is 5.11 Å². The minimum atomic E-state index is -0.388. The van der Waals surface area contributed by atoms with Crippen LogP contribution in [-0.4, -0.2) is 34.1 Å². The van der Waals surface area contributed by atoms with Crippen LogP contribution in [-0.2, 0) is 0 Å². The van der Waals surface area contributed by atoms with Crippen molar-refractivity contribution in [1.82, 2.24) is 15.3 Å². The number of amides is 1. The SMILES string of the molecule is O=C(NCCCCCO)c1c[nH]c(=O)[nH]1. The van der Waals surface area contributed by atoms with Crippen LogP contribution in [0.25, 0.3) is 0 Å². The highest BCUT2D eigenvalue weighted by molar-refractivity contribution is 5.91. The molecule has 1 amide bonds. The lowest BCUT2D eigenvalue weighted by Gasteiger charge is -2.02. The van der Waals surface area contributed by atoms with Crippen LogP contribution < -0.4 is 11.0 Å². The van der Waals surface area contributed by atoms with Crippen LogP contribution in [0.4, 0.5) is 0 Å². The minimum absolute atomic E-state index is 0.180. The molecule has 0 aliphatic heterocycles. The van der Waals surface area contributed by atoms with Gasteiger partial charge in [-0.05, 0) is 19.3 Å². The van der Waals surface area contributed by atoms with E-state index in [2.05, 4.69) is 15.3 Å². The first-order valence-corrected chi connectivity index (χ1v) is 4.91. The number of aromatic nitrogens is 2. The van der Waals surface area contributed by atoms with E-state index in [1.54, 1.807) is 0 Å². The van der Waals surface area contributed by atoms with Gasteiger partial charge in [0.25, 0.3) is 5.91 Å². The molecule has 4 N–H and O–H groups in total. The predicted octanol–water partition coefficient (Wildman–Crippen LogP) is -0.405. The van der Waals surface area contributed by atoms with Gasteiger partial charge in [-0.1, -0.05) is 0 Å². The van der Waals surface area contributed by atoms with E-state index >= 15 is 0 Å². The molecule has 15 heavy (non-hydrogen) atoms. The minimum Gasteiger partial charge on any atom is -0.396 e. The fourth-order valence-electron chi connectivity index (χ4n) is 1.17. The number of carbonyl (C=O) groups is 1. The van der Waals surface area contributed by atoms with Gasteiger partial charge in [0.15, 0.2) is 0 Å². The summed E-state index contributed by atoms with van der Waals surface area (Å²) < 4.78 is 0. The molecule has 0 radical (unpaired) electrons. The Morgan fingerprint density at radius 2 is 2.20 bits per heavy atom. The molecular weight excluding hydrogens is 198 g/mol. The van der Waals surface area contributed by atoms with Gasteiger partial charge in [-0.2, -0.15) is 0 Å². The Hall–Kier alpha value is -1.56. The first-order valence-electron chi connectivity index (χ1n) is 4.91. The summed E-state index contributed by atoms with van der Waals surface area (Å²) in [5.41, 5.74) is -0.150. The summed E-state index contributed by atoms with van der Waals surface area (Å²) in [5, 5.41) is 11.2. The van der Waals surface area contributed by atoms with Gasteiger partial charge >= 0.3 is 5.69 Å². The Morgan fingerprint density at radius 3 is 2.80 bits per heavy atom. The molecule has 1 heterocycles. The number of rotatable bonds is 6. The number of aliphatic hydroxyl groups is 1. The van der Waals surface area contributed by atoms with Crippen LogP contribution in [0, 0.1) is 0 Å². The standard InChI is InChI=1S/C9H15N3O3/c13-5-3-1-2-4-10-8(14)7-6-11-9(15)12-7/h6,13H,1-5H2,(H,10,14)(H2,11,12,15). The highest BCUT2D eigenvalue weighted by Gasteiger charge is 2.05. The molecule has 0 bridgehead atoms. The second-order valence-electron chi connectivity index (χ2n) is 3.20. The number of H-pyrrole nitrogens is 2. The van der Waals surface area contributed by atoms with E-state index in [0.29, 0.717) is 6.54 Å². The maximum atomic E-state index is 11.3. The number of nitrogens with one attached hydrogen (secondary N) is 3. The van der Waals surface area contributed by atoms with Crippen molar-refractivity contribution in [3.8, 4) is 0 Å². The van der Waals surface area contributed by atoms with Crippen LogP contribution in [0.15, 0.2) is 11.0 Å². The van der Waals surface area contributed by atoms with Crippen LogP contribution in [0.2, 0.25) is 0 Å². The van der Waals surface area contributed by atoms with Crippen molar-refractivity contribution in [1.29, 1.82) is 0 Å². The fourth-order valence-corrected chi connectivity index (χ4v) is 1.17. The van der Waals surface area contributed by atoms with Gasteiger partial charge in [0.1, 0.15) is 5.69 Å². The quantitative estimate of drug-likeness (QED) is 0.484. The summed E-state index contributed by atoms with van der Waals surface area (Å²) in [7, 11) is 0. The van der Waals surface area contributed by atoms with Crippen molar-refractivity contribution in [3.63, 3.8) is 0 Å². The third-order valence-electron chi connectivity index (χ3n) is 1.96. The highest BCUT2D eigenvalue weighted by atomic mass is 16.3. The lowest BCUT2D eigenvalue weighted by Crippen LogP contribution is -2.25. The number of aliphatic hydroxyl groups excluding tert-OH is 1. The molecule has 0 saturated carbocycles. The Balaban J connectivity index is 2.22. The van der Waals surface area contributed by atoms with Crippen LogP contribution >= 0.6 is 0 Å². The van der Waals surface area contributed by atoms with Crippen LogP contribution in [0.5, 0.6) is 0 Å². The molecule has 1 rings (SSSR count).